The summed E-state index contributed by atoms with van der Waals surface area (Å²) in [6.07, 6.45) is 0. The molecule has 0 aliphatic heterocycles. The number of rotatable bonds is 1. The summed E-state index contributed by atoms with van der Waals surface area (Å²) in [4.78, 5) is 4.08. The number of fused-ring (bicyclic) bond motifs is 1. The van der Waals surface area contributed by atoms with E-state index in [0.717, 1.165) is 10.2 Å². The average molecular weight is 182 g/mol. The van der Waals surface area contributed by atoms with Crippen molar-refractivity contribution in [3.63, 3.8) is 0 Å². The summed E-state index contributed by atoms with van der Waals surface area (Å²) < 4.78 is 14.0. The van der Waals surface area contributed by atoms with Crippen molar-refractivity contribution < 1.29 is 4.39 Å². The van der Waals surface area contributed by atoms with E-state index in [2.05, 4.69) is 10.3 Å². The van der Waals surface area contributed by atoms with Gasteiger partial charge in [0.25, 0.3) is 0 Å². The Balaban J connectivity index is 2.73. The standard InChI is InChI=1S/C8H7FN2S/c1-10-6-3-7-8(2-5(6)9)12-4-11-7/h2-4,10H,1H3. The Morgan fingerprint density at radius 1 is 1.50 bits per heavy atom. The molecule has 1 N–H and O–H groups in total. The lowest BCUT2D eigenvalue weighted by atomic mass is 10.3. The summed E-state index contributed by atoms with van der Waals surface area (Å²) in [7, 11) is 1.69. The second-order valence-electron chi connectivity index (χ2n) is 2.40. The van der Waals surface area contributed by atoms with Crippen LogP contribution in [-0.2, 0) is 0 Å². The molecule has 1 aromatic carbocycles. The van der Waals surface area contributed by atoms with Gasteiger partial charge in [-0.15, -0.1) is 11.3 Å². The molecular weight excluding hydrogens is 175 g/mol. The summed E-state index contributed by atoms with van der Waals surface area (Å²) in [6, 6.07) is 3.21. The van der Waals surface area contributed by atoms with Crippen molar-refractivity contribution in [2.45, 2.75) is 0 Å². The third-order valence-electron chi connectivity index (χ3n) is 1.69. The third-order valence-corrected chi connectivity index (χ3v) is 2.48. The number of nitrogens with zero attached hydrogens (tertiary/aromatic N) is 1. The van der Waals surface area contributed by atoms with Crippen LogP contribution in [0.25, 0.3) is 10.2 Å². The molecule has 0 saturated carbocycles. The lowest BCUT2D eigenvalue weighted by Gasteiger charge is -2.00. The van der Waals surface area contributed by atoms with Crippen molar-refractivity contribution in [2.75, 3.05) is 12.4 Å². The maximum atomic E-state index is 13.1. The second kappa shape index (κ2) is 2.71. The lowest BCUT2D eigenvalue weighted by Crippen LogP contribution is -1.91. The van der Waals surface area contributed by atoms with Crippen LogP contribution < -0.4 is 5.32 Å². The zero-order chi connectivity index (χ0) is 8.55. The number of anilines is 1. The molecule has 0 atom stereocenters. The molecule has 2 nitrogen and oxygen atoms in total. The highest BCUT2D eigenvalue weighted by atomic mass is 32.1. The molecule has 4 heteroatoms. The molecule has 12 heavy (non-hydrogen) atoms. The van der Waals surface area contributed by atoms with Crippen LogP contribution in [-0.4, -0.2) is 12.0 Å². The van der Waals surface area contributed by atoms with Crippen molar-refractivity contribution in [3.8, 4) is 0 Å². The first-order chi connectivity index (χ1) is 5.81. The van der Waals surface area contributed by atoms with Gasteiger partial charge in [0.05, 0.1) is 21.4 Å². The largest absolute Gasteiger partial charge is 0.386 e. The van der Waals surface area contributed by atoms with E-state index in [9.17, 15) is 4.39 Å². The summed E-state index contributed by atoms with van der Waals surface area (Å²) in [5.41, 5.74) is 3.04. The molecule has 0 unspecified atom stereocenters. The van der Waals surface area contributed by atoms with E-state index in [4.69, 9.17) is 0 Å². The van der Waals surface area contributed by atoms with Crippen molar-refractivity contribution in [2.24, 2.45) is 0 Å². The number of aromatic nitrogens is 1. The first-order valence-electron chi connectivity index (χ1n) is 3.52. The Kier molecular flexibility index (Phi) is 1.69. The fraction of sp³-hybridized carbons (Fsp3) is 0.125. The van der Waals surface area contributed by atoms with Gasteiger partial charge in [0, 0.05) is 7.05 Å². The van der Waals surface area contributed by atoms with E-state index in [1.807, 2.05) is 0 Å². The van der Waals surface area contributed by atoms with Gasteiger partial charge in [-0.1, -0.05) is 0 Å². The molecule has 1 aromatic heterocycles. The van der Waals surface area contributed by atoms with Crippen LogP contribution in [0, 0.1) is 5.82 Å². The number of halogens is 1. The number of benzene rings is 1. The predicted molar refractivity (Wildman–Crippen MR) is 49.1 cm³/mol. The van der Waals surface area contributed by atoms with Gasteiger partial charge in [0.2, 0.25) is 0 Å². The van der Waals surface area contributed by atoms with E-state index >= 15 is 0 Å². The molecule has 0 radical (unpaired) electrons. The Morgan fingerprint density at radius 3 is 3.08 bits per heavy atom. The molecule has 62 valence electrons. The lowest BCUT2D eigenvalue weighted by molar-refractivity contribution is 0.633. The van der Waals surface area contributed by atoms with Crippen molar-refractivity contribution in [3.05, 3.63) is 23.5 Å². The monoisotopic (exact) mass is 182 g/mol. The topological polar surface area (TPSA) is 24.9 Å². The van der Waals surface area contributed by atoms with E-state index < -0.39 is 0 Å². The number of nitrogens with one attached hydrogen (secondary N) is 1. The molecule has 0 fully saturated rings. The van der Waals surface area contributed by atoms with Crippen LogP contribution in [0.4, 0.5) is 10.1 Å². The van der Waals surface area contributed by atoms with E-state index in [1.165, 1.54) is 17.4 Å². The quantitative estimate of drug-likeness (QED) is 0.732. The number of thiazole rings is 1. The fourth-order valence-corrected chi connectivity index (χ4v) is 1.75. The third kappa shape index (κ3) is 1.04. The maximum absolute atomic E-state index is 13.1. The molecule has 0 spiro atoms. The highest BCUT2D eigenvalue weighted by Gasteiger charge is 2.03. The average Bonchev–Trinajstić information content (AvgIpc) is 2.49. The van der Waals surface area contributed by atoms with Gasteiger partial charge in [-0.2, -0.15) is 0 Å². The minimum absolute atomic E-state index is 0.228. The molecule has 2 rings (SSSR count). The molecule has 0 amide bonds. The molecule has 0 saturated heterocycles. The van der Waals surface area contributed by atoms with Gasteiger partial charge in [-0.25, -0.2) is 9.37 Å². The van der Waals surface area contributed by atoms with Gasteiger partial charge in [0.15, 0.2) is 0 Å². The van der Waals surface area contributed by atoms with Crippen LogP contribution in [0.15, 0.2) is 17.6 Å². The normalized spacial score (nSPS) is 10.5. The van der Waals surface area contributed by atoms with Crippen molar-refractivity contribution in [1.82, 2.24) is 4.98 Å². The summed E-state index contributed by atoms with van der Waals surface area (Å²) in [5, 5.41) is 2.77. The Bertz CT molecular complexity index is 410. The number of hydrogen-bond donors (Lipinski definition) is 1. The minimum Gasteiger partial charge on any atom is -0.386 e. The van der Waals surface area contributed by atoms with Crippen LogP contribution in [0.2, 0.25) is 0 Å². The molecule has 1 heterocycles. The van der Waals surface area contributed by atoms with Crippen LogP contribution in [0.5, 0.6) is 0 Å². The molecular formula is C8H7FN2S. The van der Waals surface area contributed by atoms with Gasteiger partial charge < -0.3 is 5.32 Å². The molecule has 2 aromatic rings. The molecule has 0 aliphatic carbocycles. The smallest absolute Gasteiger partial charge is 0.147 e. The Morgan fingerprint density at radius 2 is 2.33 bits per heavy atom. The minimum atomic E-state index is -0.228. The van der Waals surface area contributed by atoms with Crippen LogP contribution >= 0.6 is 11.3 Å². The maximum Gasteiger partial charge on any atom is 0.147 e. The Hall–Kier alpha value is -1.16. The summed E-state index contributed by atoms with van der Waals surface area (Å²) in [5.74, 6) is -0.228. The zero-order valence-electron chi connectivity index (χ0n) is 6.47. The summed E-state index contributed by atoms with van der Waals surface area (Å²) in [6.45, 7) is 0. The molecule has 0 aliphatic rings. The second-order valence-corrected chi connectivity index (χ2v) is 3.29. The number of hydrogen-bond acceptors (Lipinski definition) is 3. The van der Waals surface area contributed by atoms with E-state index in [-0.39, 0.29) is 5.82 Å². The van der Waals surface area contributed by atoms with E-state index in [1.54, 1.807) is 18.6 Å². The van der Waals surface area contributed by atoms with Gasteiger partial charge in [-0.3, -0.25) is 0 Å². The zero-order valence-corrected chi connectivity index (χ0v) is 7.28. The van der Waals surface area contributed by atoms with Crippen LogP contribution in [0.3, 0.4) is 0 Å². The molecule has 0 bridgehead atoms. The highest BCUT2D eigenvalue weighted by Crippen LogP contribution is 2.24. The van der Waals surface area contributed by atoms with Crippen molar-refractivity contribution in [1.29, 1.82) is 0 Å². The van der Waals surface area contributed by atoms with Gasteiger partial charge in [0.1, 0.15) is 5.82 Å². The summed E-state index contributed by atoms with van der Waals surface area (Å²) >= 11 is 1.44. The van der Waals surface area contributed by atoms with Crippen molar-refractivity contribution >= 4 is 27.2 Å². The fourth-order valence-electron chi connectivity index (χ4n) is 1.07. The first kappa shape index (κ1) is 7.49. The highest BCUT2D eigenvalue weighted by molar-refractivity contribution is 7.16. The Labute approximate surface area is 73.1 Å². The SMILES string of the molecule is CNc1cc2ncsc2cc1F. The predicted octanol–water partition coefficient (Wildman–Crippen LogP) is 2.48. The van der Waals surface area contributed by atoms with E-state index in [0.29, 0.717) is 5.69 Å². The van der Waals surface area contributed by atoms with Crippen LogP contribution in [0.1, 0.15) is 0 Å². The van der Waals surface area contributed by atoms with Gasteiger partial charge in [-0.05, 0) is 12.1 Å². The van der Waals surface area contributed by atoms with Gasteiger partial charge >= 0.3 is 0 Å². The first-order valence-corrected chi connectivity index (χ1v) is 4.39.